The Bertz CT molecular complexity index is 546. The van der Waals surface area contributed by atoms with Gasteiger partial charge in [-0.2, -0.15) is 0 Å². The fourth-order valence-electron chi connectivity index (χ4n) is 3.86. The highest BCUT2D eigenvalue weighted by Gasteiger charge is 2.30. The van der Waals surface area contributed by atoms with Crippen LogP contribution in [0, 0.1) is 5.92 Å². The van der Waals surface area contributed by atoms with E-state index in [9.17, 15) is 9.59 Å². The van der Waals surface area contributed by atoms with Crippen LogP contribution in [0.3, 0.4) is 0 Å². The summed E-state index contributed by atoms with van der Waals surface area (Å²) in [5.74, 6) is 0.243. The Morgan fingerprint density at radius 3 is 2.33 bits per heavy atom. The summed E-state index contributed by atoms with van der Waals surface area (Å²) in [4.78, 5) is 27.4. The van der Waals surface area contributed by atoms with E-state index in [0.717, 1.165) is 57.2 Å². The van der Waals surface area contributed by atoms with Gasteiger partial charge in [-0.3, -0.25) is 9.59 Å². The van der Waals surface area contributed by atoms with Gasteiger partial charge in [-0.25, -0.2) is 0 Å². The number of benzene rings is 1. The maximum atomic E-state index is 12.9. The third kappa shape index (κ3) is 4.37. The average molecular weight is 328 g/mol. The average Bonchev–Trinajstić information content (AvgIpc) is 3.17. The van der Waals surface area contributed by atoms with Crippen LogP contribution in [0.1, 0.15) is 50.5 Å². The highest BCUT2D eigenvalue weighted by molar-refractivity contribution is 5.89. The number of carbonyl (C=O) groups is 2. The number of rotatable bonds is 5. The van der Waals surface area contributed by atoms with Gasteiger partial charge in [0.15, 0.2) is 0 Å². The third-order valence-corrected chi connectivity index (χ3v) is 5.29. The zero-order valence-corrected chi connectivity index (χ0v) is 14.4. The van der Waals surface area contributed by atoms with Crippen LogP contribution in [0.25, 0.3) is 0 Å². The van der Waals surface area contributed by atoms with E-state index in [1.165, 1.54) is 6.42 Å². The molecular formula is C20H28N2O2. The van der Waals surface area contributed by atoms with E-state index in [-0.39, 0.29) is 17.7 Å². The quantitative estimate of drug-likeness (QED) is 0.903. The van der Waals surface area contributed by atoms with Gasteiger partial charge >= 0.3 is 0 Å². The van der Waals surface area contributed by atoms with E-state index in [2.05, 4.69) is 5.32 Å². The lowest BCUT2D eigenvalue weighted by Crippen LogP contribution is -2.50. The van der Waals surface area contributed by atoms with Gasteiger partial charge < -0.3 is 10.2 Å². The first kappa shape index (κ1) is 17.0. The normalized spacial score (nSPS) is 19.9. The molecule has 1 saturated carbocycles. The molecule has 1 heterocycles. The molecule has 3 rings (SSSR count). The zero-order valence-electron chi connectivity index (χ0n) is 14.4. The van der Waals surface area contributed by atoms with Gasteiger partial charge in [-0.15, -0.1) is 0 Å². The Labute approximate surface area is 144 Å². The predicted molar refractivity (Wildman–Crippen MR) is 94.5 cm³/mol. The first-order chi connectivity index (χ1) is 11.7. The van der Waals surface area contributed by atoms with Crippen molar-refractivity contribution in [3.8, 4) is 0 Å². The van der Waals surface area contributed by atoms with Crippen LogP contribution in [0.2, 0.25) is 0 Å². The summed E-state index contributed by atoms with van der Waals surface area (Å²) < 4.78 is 0. The van der Waals surface area contributed by atoms with Gasteiger partial charge in [0.05, 0.1) is 0 Å². The maximum absolute atomic E-state index is 12.9. The van der Waals surface area contributed by atoms with Crippen LogP contribution in [0.15, 0.2) is 30.3 Å². The number of amides is 2. The van der Waals surface area contributed by atoms with Crippen molar-refractivity contribution < 1.29 is 9.59 Å². The molecule has 1 atom stereocenters. The smallest absolute Gasteiger partial charge is 0.245 e. The van der Waals surface area contributed by atoms with Gasteiger partial charge in [0.25, 0.3) is 0 Å². The Morgan fingerprint density at radius 2 is 1.67 bits per heavy atom. The Kier molecular flexibility index (Phi) is 5.89. The molecule has 1 N–H and O–H groups in total. The molecular weight excluding hydrogens is 300 g/mol. The molecule has 1 aliphatic carbocycles. The Hall–Kier alpha value is -1.84. The van der Waals surface area contributed by atoms with E-state index in [0.29, 0.717) is 6.42 Å². The van der Waals surface area contributed by atoms with Crippen molar-refractivity contribution in [2.24, 2.45) is 5.92 Å². The van der Waals surface area contributed by atoms with E-state index >= 15 is 0 Å². The molecule has 130 valence electrons. The molecule has 1 saturated heterocycles. The molecule has 4 nitrogen and oxygen atoms in total. The highest BCUT2D eigenvalue weighted by atomic mass is 16.2. The molecule has 24 heavy (non-hydrogen) atoms. The van der Waals surface area contributed by atoms with Gasteiger partial charge in [0.2, 0.25) is 11.8 Å². The summed E-state index contributed by atoms with van der Waals surface area (Å²) in [6.45, 7) is 1.65. The van der Waals surface area contributed by atoms with Gasteiger partial charge in [-0.1, -0.05) is 49.6 Å². The Balaban J connectivity index is 1.68. The van der Waals surface area contributed by atoms with Crippen LogP contribution in [-0.2, 0) is 16.0 Å². The van der Waals surface area contributed by atoms with Crippen molar-refractivity contribution in [1.82, 2.24) is 10.2 Å². The number of carbonyl (C=O) groups excluding carboxylic acids is 2. The van der Waals surface area contributed by atoms with Crippen molar-refractivity contribution in [1.29, 1.82) is 0 Å². The largest absolute Gasteiger partial charge is 0.344 e. The van der Waals surface area contributed by atoms with Crippen LogP contribution in [-0.4, -0.2) is 35.8 Å². The minimum absolute atomic E-state index is 0.0724. The van der Waals surface area contributed by atoms with Crippen molar-refractivity contribution in [3.63, 3.8) is 0 Å². The Morgan fingerprint density at radius 1 is 1.00 bits per heavy atom. The van der Waals surface area contributed by atoms with Crippen molar-refractivity contribution >= 4 is 11.8 Å². The van der Waals surface area contributed by atoms with E-state index < -0.39 is 6.04 Å². The fraction of sp³-hybridized carbons (Fsp3) is 0.600. The first-order valence-electron chi connectivity index (χ1n) is 9.37. The lowest BCUT2D eigenvalue weighted by Gasteiger charge is -2.27. The van der Waals surface area contributed by atoms with Gasteiger partial charge in [0.1, 0.15) is 6.04 Å². The van der Waals surface area contributed by atoms with Crippen molar-refractivity contribution in [2.75, 3.05) is 13.1 Å². The molecule has 1 aromatic rings. The molecule has 0 bridgehead atoms. The van der Waals surface area contributed by atoms with Gasteiger partial charge in [-0.05, 0) is 31.2 Å². The minimum atomic E-state index is -0.431. The fourth-order valence-corrected chi connectivity index (χ4v) is 3.86. The number of hydrogen-bond donors (Lipinski definition) is 1. The summed E-state index contributed by atoms with van der Waals surface area (Å²) in [6, 6.07) is 9.56. The second-order valence-corrected chi connectivity index (χ2v) is 7.12. The lowest BCUT2D eigenvalue weighted by atomic mass is 9.88. The van der Waals surface area contributed by atoms with Crippen LogP contribution < -0.4 is 5.32 Å². The SMILES string of the molecule is O=C(N[C@H](Cc1ccccc1)C(=O)N1CCCC1)C1CCCCC1. The molecule has 0 unspecified atom stereocenters. The van der Waals surface area contributed by atoms with Crippen molar-refractivity contribution in [3.05, 3.63) is 35.9 Å². The second kappa shape index (κ2) is 8.32. The topological polar surface area (TPSA) is 49.4 Å². The number of nitrogens with zero attached hydrogens (tertiary/aromatic N) is 1. The van der Waals surface area contributed by atoms with E-state index in [4.69, 9.17) is 0 Å². The molecule has 0 aromatic heterocycles. The lowest BCUT2D eigenvalue weighted by molar-refractivity contribution is -0.137. The van der Waals surface area contributed by atoms with Gasteiger partial charge in [0, 0.05) is 25.4 Å². The number of likely N-dealkylation sites (tertiary alicyclic amines) is 1. The summed E-state index contributed by atoms with van der Waals surface area (Å²) in [5.41, 5.74) is 1.10. The zero-order chi connectivity index (χ0) is 16.8. The molecule has 1 aliphatic heterocycles. The van der Waals surface area contributed by atoms with E-state index in [1.54, 1.807) is 0 Å². The predicted octanol–water partition coefficient (Wildman–Crippen LogP) is 2.92. The third-order valence-electron chi connectivity index (χ3n) is 5.29. The molecule has 0 spiro atoms. The molecule has 0 radical (unpaired) electrons. The summed E-state index contributed by atoms with van der Waals surface area (Å²) in [5, 5.41) is 3.08. The van der Waals surface area contributed by atoms with Crippen molar-refractivity contribution in [2.45, 2.75) is 57.4 Å². The molecule has 4 heteroatoms. The van der Waals surface area contributed by atoms with Crippen LogP contribution >= 0.6 is 0 Å². The van der Waals surface area contributed by atoms with E-state index in [1.807, 2.05) is 35.2 Å². The summed E-state index contributed by atoms with van der Waals surface area (Å²) >= 11 is 0. The monoisotopic (exact) mass is 328 g/mol. The first-order valence-corrected chi connectivity index (χ1v) is 9.37. The summed E-state index contributed by atoms with van der Waals surface area (Å²) in [7, 11) is 0. The number of hydrogen-bond acceptors (Lipinski definition) is 2. The highest BCUT2D eigenvalue weighted by Crippen LogP contribution is 2.24. The molecule has 2 amide bonds. The molecule has 2 aliphatic rings. The molecule has 2 fully saturated rings. The van der Waals surface area contributed by atoms with Crippen LogP contribution in [0.4, 0.5) is 0 Å². The molecule has 1 aromatic carbocycles. The maximum Gasteiger partial charge on any atom is 0.245 e. The summed E-state index contributed by atoms with van der Waals surface area (Å²) in [6.07, 6.45) is 8.12. The standard InChI is InChI=1S/C20H28N2O2/c23-19(17-11-5-2-6-12-17)21-18(15-16-9-3-1-4-10-16)20(24)22-13-7-8-14-22/h1,3-4,9-10,17-18H,2,5-8,11-15H2,(H,21,23)/t18-/m1/s1. The van der Waals surface area contributed by atoms with Crippen LogP contribution in [0.5, 0.6) is 0 Å². The number of nitrogens with one attached hydrogen (secondary N) is 1. The second-order valence-electron chi connectivity index (χ2n) is 7.12. The minimum Gasteiger partial charge on any atom is -0.344 e.